The van der Waals surface area contributed by atoms with Gasteiger partial charge in [-0.25, -0.2) is 0 Å². The number of rotatable bonds is 63. The summed E-state index contributed by atoms with van der Waals surface area (Å²) in [6.45, 7) is 9.35. The van der Waals surface area contributed by atoms with E-state index in [1.807, 2.05) is 0 Å². The second-order valence-electron chi connectivity index (χ2n) is 23.9. The molecule has 0 nitrogen and oxygen atoms in total. The third-order valence-electron chi connectivity index (χ3n) is 17.0. The zero-order valence-electron chi connectivity index (χ0n) is 49.0. The smallest absolute Gasteiger partial charge is 0.0654 e. The van der Waals surface area contributed by atoms with Crippen LogP contribution in [0.3, 0.4) is 0 Å². The standard InChI is InChI=1S/C67H139P/c1-5-9-13-17-21-25-29-32-35-38-41-45-49-53-57-61-65-68(64-60-56-52-48-44-28-24-20-16-12-8-4,66-62-58-54-50-46-42-39-36-33-30-26-22-18-14-10-6-2)67-63-59-55-51-47-43-40-37-34-31-27-23-19-15-11-7-3/h68H,5-67H2,1-4H3. The molecule has 1 heteroatoms. The molecule has 0 aromatic rings. The molecule has 0 aliphatic rings. The van der Waals surface area contributed by atoms with Crippen molar-refractivity contribution in [3.8, 4) is 0 Å². The van der Waals surface area contributed by atoms with Crippen LogP contribution in [0.5, 0.6) is 0 Å². The molecule has 0 saturated carbocycles. The predicted octanol–water partition coefficient (Wildman–Crippen LogP) is 25.8. The molecule has 0 aliphatic carbocycles. The normalized spacial score (nSPS) is 12.2. The quantitative estimate of drug-likeness (QED) is 0.0421. The van der Waals surface area contributed by atoms with Crippen LogP contribution >= 0.6 is 7.26 Å². The summed E-state index contributed by atoms with van der Waals surface area (Å²) in [6.07, 6.45) is 95.1. The zero-order valence-corrected chi connectivity index (χ0v) is 50.0. The average molecular weight is 976 g/mol. The van der Waals surface area contributed by atoms with Gasteiger partial charge in [0.1, 0.15) is 0 Å². The Morgan fingerprint density at radius 1 is 0.118 bits per heavy atom. The van der Waals surface area contributed by atoms with Crippen LogP contribution in [0.1, 0.15) is 407 Å². The van der Waals surface area contributed by atoms with E-state index in [9.17, 15) is 0 Å². The first kappa shape index (κ1) is 68.4. The average Bonchev–Trinajstić information content (AvgIpc) is 3.35. The van der Waals surface area contributed by atoms with Crippen LogP contribution in [0.25, 0.3) is 0 Å². The fourth-order valence-corrected chi connectivity index (χ4v) is 17.6. The van der Waals surface area contributed by atoms with Gasteiger partial charge in [0.2, 0.25) is 0 Å². The van der Waals surface area contributed by atoms with Crippen molar-refractivity contribution >= 4 is 7.26 Å². The Morgan fingerprint density at radius 3 is 0.309 bits per heavy atom. The fourth-order valence-electron chi connectivity index (χ4n) is 12.1. The summed E-state index contributed by atoms with van der Waals surface area (Å²) in [6, 6.07) is 0. The van der Waals surface area contributed by atoms with Crippen molar-refractivity contribution in [2.24, 2.45) is 0 Å². The number of unbranched alkanes of at least 4 members (excludes halogenated alkanes) is 55. The van der Waals surface area contributed by atoms with Gasteiger partial charge in [0.05, 0.1) is 0 Å². The second-order valence-corrected chi connectivity index (χ2v) is 28.9. The van der Waals surface area contributed by atoms with E-state index in [0.29, 0.717) is 0 Å². The molecule has 0 spiro atoms. The third kappa shape index (κ3) is 55.7. The number of hydrogen-bond acceptors (Lipinski definition) is 0. The maximum absolute atomic E-state index is 2.35. The Morgan fingerprint density at radius 2 is 0.206 bits per heavy atom. The van der Waals surface area contributed by atoms with Crippen molar-refractivity contribution < 1.29 is 0 Å². The summed E-state index contributed by atoms with van der Waals surface area (Å²) in [5, 5.41) is 0. The summed E-state index contributed by atoms with van der Waals surface area (Å²) in [4.78, 5) is 0. The van der Waals surface area contributed by atoms with Gasteiger partial charge in [-0.15, -0.1) is 0 Å². The summed E-state index contributed by atoms with van der Waals surface area (Å²) in [5.74, 6) is 0. The summed E-state index contributed by atoms with van der Waals surface area (Å²) in [5.41, 5.74) is 0. The SMILES string of the molecule is CCCCCCCCCCCCCCCCCC[PH](CCCCCCCCCCCCC)(CCCCCCCCCCCCCCCCCC)CCCCCCCCCCCCCCCCCC. The Hall–Kier alpha value is 0.430. The Kier molecular flexibility index (Phi) is 62.1. The second kappa shape index (κ2) is 61.7. The van der Waals surface area contributed by atoms with Gasteiger partial charge in [0.15, 0.2) is 0 Å². The molecule has 0 N–H and O–H groups in total. The molecule has 0 atom stereocenters. The molecule has 0 heterocycles. The van der Waals surface area contributed by atoms with Gasteiger partial charge in [-0.2, -0.15) is 0 Å². The van der Waals surface area contributed by atoms with Crippen molar-refractivity contribution in [1.29, 1.82) is 0 Å². The third-order valence-corrected chi connectivity index (χ3v) is 22.6. The minimum atomic E-state index is -1.21. The van der Waals surface area contributed by atoms with Crippen LogP contribution in [0, 0.1) is 0 Å². The van der Waals surface area contributed by atoms with E-state index < -0.39 is 7.26 Å². The van der Waals surface area contributed by atoms with Crippen molar-refractivity contribution in [2.75, 3.05) is 24.6 Å². The van der Waals surface area contributed by atoms with Gasteiger partial charge in [0, 0.05) is 0 Å². The predicted molar refractivity (Wildman–Crippen MR) is 323 cm³/mol. The van der Waals surface area contributed by atoms with Gasteiger partial charge in [-0.3, -0.25) is 0 Å². The van der Waals surface area contributed by atoms with Crippen molar-refractivity contribution in [3.05, 3.63) is 0 Å². The summed E-state index contributed by atoms with van der Waals surface area (Å²) >= 11 is 0. The van der Waals surface area contributed by atoms with E-state index in [4.69, 9.17) is 0 Å². The first-order valence-electron chi connectivity index (χ1n) is 33.7. The Labute approximate surface area is 436 Å². The van der Waals surface area contributed by atoms with E-state index in [1.54, 1.807) is 76.0 Å². The first-order valence-corrected chi connectivity index (χ1v) is 36.6. The molecule has 0 unspecified atom stereocenters. The minimum Gasteiger partial charge on any atom is -0.0654 e. The van der Waals surface area contributed by atoms with Crippen LogP contribution < -0.4 is 0 Å². The molecule has 412 valence electrons. The molecule has 0 fully saturated rings. The molecule has 0 aromatic carbocycles. The first-order chi connectivity index (χ1) is 33.7. The molecule has 0 aromatic heterocycles. The molecule has 0 amide bonds. The van der Waals surface area contributed by atoms with Crippen molar-refractivity contribution in [1.82, 2.24) is 0 Å². The summed E-state index contributed by atoms with van der Waals surface area (Å²) in [7, 11) is -1.21. The van der Waals surface area contributed by atoms with E-state index in [2.05, 4.69) is 27.7 Å². The van der Waals surface area contributed by atoms with E-state index >= 15 is 0 Å². The Balaban J connectivity index is 4.89. The maximum atomic E-state index is 2.35. The molecule has 0 bridgehead atoms. The van der Waals surface area contributed by atoms with E-state index in [0.717, 1.165) is 0 Å². The van der Waals surface area contributed by atoms with Gasteiger partial charge in [-0.1, -0.05) is 124 Å². The molecule has 0 radical (unpaired) electrons. The van der Waals surface area contributed by atoms with Crippen LogP contribution in [-0.4, -0.2) is 24.6 Å². The molecular formula is C67H139P. The number of hydrogen-bond donors (Lipinski definition) is 0. The Bertz CT molecular complexity index is 760. The monoisotopic (exact) mass is 975 g/mol. The van der Waals surface area contributed by atoms with E-state index in [-0.39, 0.29) is 0 Å². The zero-order chi connectivity index (χ0) is 49.0. The van der Waals surface area contributed by atoms with Gasteiger partial charge in [-0.05, 0) is 0 Å². The molecular weight excluding hydrogens is 836 g/mol. The topological polar surface area (TPSA) is 0 Å². The van der Waals surface area contributed by atoms with Crippen LogP contribution in [0.2, 0.25) is 0 Å². The summed E-state index contributed by atoms with van der Waals surface area (Å²) < 4.78 is 0. The van der Waals surface area contributed by atoms with Crippen molar-refractivity contribution in [3.63, 3.8) is 0 Å². The molecule has 0 saturated heterocycles. The van der Waals surface area contributed by atoms with Gasteiger partial charge in [0.25, 0.3) is 0 Å². The van der Waals surface area contributed by atoms with Crippen molar-refractivity contribution in [2.45, 2.75) is 407 Å². The van der Waals surface area contributed by atoms with Gasteiger partial charge < -0.3 is 0 Å². The molecule has 0 rings (SSSR count). The van der Waals surface area contributed by atoms with E-state index in [1.165, 1.54) is 327 Å². The molecule has 0 aliphatic heterocycles. The van der Waals surface area contributed by atoms with Crippen LogP contribution in [0.15, 0.2) is 0 Å². The van der Waals surface area contributed by atoms with Crippen LogP contribution in [-0.2, 0) is 0 Å². The van der Waals surface area contributed by atoms with Gasteiger partial charge >= 0.3 is 314 Å². The minimum absolute atomic E-state index is 1.21. The molecule has 68 heavy (non-hydrogen) atoms. The van der Waals surface area contributed by atoms with Crippen LogP contribution in [0.4, 0.5) is 0 Å². The fraction of sp³-hybridized carbons (Fsp3) is 1.00.